The molecule has 1 aromatic heterocycles. The molecule has 0 saturated heterocycles. The van der Waals surface area contributed by atoms with E-state index in [1.165, 1.54) is 23.9 Å². The lowest BCUT2D eigenvalue weighted by atomic mass is 10.1. The van der Waals surface area contributed by atoms with Crippen molar-refractivity contribution in [3.8, 4) is 11.4 Å². The fourth-order valence-electron chi connectivity index (χ4n) is 2.60. The average Bonchev–Trinajstić information content (AvgIpc) is 3.25. The Balaban J connectivity index is 1.38. The van der Waals surface area contributed by atoms with Gasteiger partial charge in [-0.25, -0.2) is 4.79 Å². The van der Waals surface area contributed by atoms with Gasteiger partial charge in [0.25, 0.3) is 0 Å². The highest BCUT2D eigenvalue weighted by molar-refractivity contribution is 7.98. The highest BCUT2D eigenvalue weighted by atomic mass is 32.2. The zero-order valence-corrected chi connectivity index (χ0v) is 17.5. The van der Waals surface area contributed by atoms with Crippen LogP contribution in [-0.2, 0) is 23.3 Å². The minimum Gasteiger partial charge on any atom is -0.338 e. The molecule has 11 heteroatoms. The van der Waals surface area contributed by atoms with Crippen LogP contribution in [0.25, 0.3) is 11.4 Å². The number of aromatic nitrogens is 2. The number of hydrogen-bond donors (Lipinski definition) is 2. The van der Waals surface area contributed by atoms with Crippen LogP contribution >= 0.6 is 11.8 Å². The number of carbonyl (C=O) groups excluding carboxylic acids is 2. The van der Waals surface area contributed by atoms with E-state index in [4.69, 9.17) is 4.52 Å². The molecule has 0 spiro atoms. The van der Waals surface area contributed by atoms with Gasteiger partial charge in [-0.3, -0.25) is 10.1 Å². The monoisotopic (exact) mass is 464 g/mol. The number of halogens is 3. The van der Waals surface area contributed by atoms with Gasteiger partial charge in [-0.1, -0.05) is 47.6 Å². The summed E-state index contributed by atoms with van der Waals surface area (Å²) in [5.41, 5.74) is 0.310. The second-order valence-corrected chi connectivity index (χ2v) is 7.71. The predicted molar refractivity (Wildman–Crippen MR) is 112 cm³/mol. The lowest BCUT2D eigenvalue weighted by Gasteiger charge is -2.06. The van der Waals surface area contributed by atoms with Gasteiger partial charge < -0.3 is 9.84 Å². The molecule has 3 amide bonds. The molecule has 0 aliphatic rings. The molecule has 2 N–H and O–H groups in total. The highest BCUT2D eigenvalue weighted by Gasteiger charge is 2.30. The van der Waals surface area contributed by atoms with Gasteiger partial charge in [0.1, 0.15) is 0 Å². The first kappa shape index (κ1) is 23.3. The van der Waals surface area contributed by atoms with Crippen molar-refractivity contribution in [2.24, 2.45) is 0 Å². The number of hydrogen-bond acceptors (Lipinski definition) is 6. The van der Waals surface area contributed by atoms with Crippen LogP contribution in [0.15, 0.2) is 59.1 Å². The Morgan fingerprint density at radius 3 is 2.59 bits per heavy atom. The Bertz CT molecular complexity index is 1060. The number of nitrogens with zero attached hydrogens (tertiary/aromatic N) is 2. The van der Waals surface area contributed by atoms with Crippen LogP contribution in [0.4, 0.5) is 18.0 Å². The number of imide groups is 1. The van der Waals surface area contributed by atoms with Crippen LogP contribution in [0.5, 0.6) is 0 Å². The van der Waals surface area contributed by atoms with Crippen molar-refractivity contribution in [1.29, 1.82) is 0 Å². The van der Waals surface area contributed by atoms with E-state index in [0.29, 0.717) is 12.3 Å². The summed E-state index contributed by atoms with van der Waals surface area (Å²) in [6, 6.07) is 13.4. The standard InChI is InChI=1S/C21H19F3N4O3S/c22-21(23,24)16-8-4-7-15(11-16)19-27-18(31-28-19)13-32-10-9-17(29)26-20(30)25-12-14-5-2-1-3-6-14/h1-8,11H,9-10,12-13H2,(H2,25,26,29,30). The molecule has 3 aromatic rings. The molecule has 0 radical (unpaired) electrons. The quantitative estimate of drug-likeness (QED) is 0.480. The first-order chi connectivity index (χ1) is 15.3. The van der Waals surface area contributed by atoms with Gasteiger partial charge in [0.15, 0.2) is 0 Å². The van der Waals surface area contributed by atoms with Crippen LogP contribution in [-0.4, -0.2) is 27.8 Å². The summed E-state index contributed by atoms with van der Waals surface area (Å²) in [6.45, 7) is 0.306. The Labute approximate surface area is 185 Å². The summed E-state index contributed by atoms with van der Waals surface area (Å²) in [5.74, 6) is 0.514. The maximum absolute atomic E-state index is 12.8. The third kappa shape index (κ3) is 7.12. The molecule has 0 fully saturated rings. The second-order valence-electron chi connectivity index (χ2n) is 6.61. The van der Waals surface area contributed by atoms with E-state index in [-0.39, 0.29) is 29.5 Å². The molecule has 3 rings (SSSR count). The molecule has 0 atom stereocenters. The third-order valence-electron chi connectivity index (χ3n) is 4.16. The van der Waals surface area contributed by atoms with Crippen molar-refractivity contribution in [3.63, 3.8) is 0 Å². The lowest BCUT2D eigenvalue weighted by Crippen LogP contribution is -2.39. The van der Waals surface area contributed by atoms with Gasteiger partial charge in [-0.15, -0.1) is 0 Å². The molecular formula is C21H19F3N4O3S. The van der Waals surface area contributed by atoms with Crippen molar-refractivity contribution in [2.75, 3.05) is 5.75 Å². The topological polar surface area (TPSA) is 97.1 Å². The summed E-state index contributed by atoms with van der Waals surface area (Å²) in [5, 5.41) is 8.55. The summed E-state index contributed by atoms with van der Waals surface area (Å²) < 4.78 is 43.6. The minimum atomic E-state index is -4.46. The highest BCUT2D eigenvalue weighted by Crippen LogP contribution is 2.31. The van der Waals surface area contributed by atoms with E-state index in [1.54, 1.807) is 0 Å². The van der Waals surface area contributed by atoms with Gasteiger partial charge in [-0.2, -0.15) is 29.9 Å². The molecule has 32 heavy (non-hydrogen) atoms. The molecule has 168 valence electrons. The van der Waals surface area contributed by atoms with E-state index in [2.05, 4.69) is 20.8 Å². The predicted octanol–water partition coefficient (Wildman–Crippen LogP) is 4.40. The Kier molecular flexibility index (Phi) is 7.87. The van der Waals surface area contributed by atoms with Crippen LogP contribution in [0.2, 0.25) is 0 Å². The molecule has 7 nitrogen and oxygen atoms in total. The summed E-state index contributed by atoms with van der Waals surface area (Å²) >= 11 is 1.32. The largest absolute Gasteiger partial charge is 0.416 e. The Hall–Kier alpha value is -3.34. The summed E-state index contributed by atoms with van der Waals surface area (Å²) in [6.07, 6.45) is -4.37. The van der Waals surface area contributed by atoms with Crippen LogP contribution in [0.3, 0.4) is 0 Å². The van der Waals surface area contributed by atoms with Crippen molar-refractivity contribution in [2.45, 2.75) is 24.9 Å². The van der Waals surface area contributed by atoms with Crippen molar-refractivity contribution in [1.82, 2.24) is 20.8 Å². The summed E-state index contributed by atoms with van der Waals surface area (Å²) in [4.78, 5) is 27.7. The first-order valence-corrected chi connectivity index (χ1v) is 10.7. The Morgan fingerprint density at radius 1 is 1.06 bits per heavy atom. The average molecular weight is 464 g/mol. The number of nitrogens with one attached hydrogen (secondary N) is 2. The van der Waals surface area contributed by atoms with E-state index in [0.717, 1.165) is 17.7 Å². The van der Waals surface area contributed by atoms with Gasteiger partial charge in [-0.05, 0) is 17.7 Å². The zero-order chi connectivity index (χ0) is 23.0. The number of amides is 3. The fraction of sp³-hybridized carbons (Fsp3) is 0.238. The molecular weight excluding hydrogens is 445 g/mol. The maximum Gasteiger partial charge on any atom is 0.416 e. The SMILES string of the molecule is O=C(CCSCc1nc(-c2cccc(C(F)(F)F)c2)no1)NC(=O)NCc1ccccc1. The zero-order valence-electron chi connectivity index (χ0n) is 16.7. The first-order valence-electron chi connectivity index (χ1n) is 9.51. The van der Waals surface area contributed by atoms with Gasteiger partial charge in [0, 0.05) is 24.3 Å². The number of carbonyl (C=O) groups is 2. The smallest absolute Gasteiger partial charge is 0.338 e. The van der Waals surface area contributed by atoms with Crippen LogP contribution < -0.4 is 10.6 Å². The Morgan fingerprint density at radius 2 is 1.84 bits per heavy atom. The second kappa shape index (κ2) is 10.8. The summed E-state index contributed by atoms with van der Waals surface area (Å²) in [7, 11) is 0. The fourth-order valence-corrected chi connectivity index (χ4v) is 3.37. The van der Waals surface area contributed by atoms with Gasteiger partial charge >= 0.3 is 12.2 Å². The molecule has 0 aliphatic carbocycles. The number of rotatable bonds is 8. The molecule has 0 saturated carbocycles. The molecule has 2 aromatic carbocycles. The maximum atomic E-state index is 12.8. The van der Waals surface area contributed by atoms with E-state index < -0.39 is 23.7 Å². The van der Waals surface area contributed by atoms with Gasteiger partial charge in [0.2, 0.25) is 17.6 Å². The van der Waals surface area contributed by atoms with E-state index in [9.17, 15) is 22.8 Å². The number of urea groups is 1. The van der Waals surface area contributed by atoms with Gasteiger partial charge in [0.05, 0.1) is 11.3 Å². The van der Waals surface area contributed by atoms with E-state index >= 15 is 0 Å². The normalized spacial score (nSPS) is 11.2. The minimum absolute atomic E-state index is 0.0551. The lowest BCUT2D eigenvalue weighted by molar-refractivity contribution is -0.137. The number of thioether (sulfide) groups is 1. The molecule has 1 heterocycles. The van der Waals surface area contributed by atoms with E-state index in [1.807, 2.05) is 30.3 Å². The number of benzene rings is 2. The third-order valence-corrected chi connectivity index (χ3v) is 5.11. The van der Waals surface area contributed by atoms with Crippen LogP contribution in [0.1, 0.15) is 23.4 Å². The van der Waals surface area contributed by atoms with Crippen molar-refractivity contribution >= 4 is 23.7 Å². The van der Waals surface area contributed by atoms with Crippen molar-refractivity contribution < 1.29 is 27.3 Å². The van der Waals surface area contributed by atoms with Crippen LogP contribution in [0, 0.1) is 0 Å². The van der Waals surface area contributed by atoms with Crippen molar-refractivity contribution in [3.05, 3.63) is 71.6 Å². The molecule has 0 aliphatic heterocycles. The number of alkyl halides is 3. The molecule has 0 bridgehead atoms. The molecule has 0 unspecified atom stereocenters.